The van der Waals surface area contributed by atoms with Gasteiger partial charge in [0.15, 0.2) is 0 Å². The molecule has 0 unspecified atom stereocenters. The number of rotatable bonds is 7. The number of unbranched alkanes of at least 4 members (excludes halogenated alkanes) is 2. The summed E-state index contributed by atoms with van der Waals surface area (Å²) >= 11 is 0. The van der Waals surface area contributed by atoms with E-state index in [2.05, 4.69) is 18.7 Å². The number of hydrogen-bond donors (Lipinski definition) is 1. The van der Waals surface area contributed by atoms with Crippen molar-refractivity contribution in [2.24, 2.45) is 0 Å². The van der Waals surface area contributed by atoms with Gasteiger partial charge in [0.05, 0.1) is 0 Å². The van der Waals surface area contributed by atoms with Crippen LogP contribution in [0.4, 0.5) is 0 Å². The Morgan fingerprint density at radius 1 is 1.00 bits per heavy atom. The molecule has 0 saturated carbocycles. The van der Waals surface area contributed by atoms with Gasteiger partial charge in [-0.05, 0) is 38.9 Å². The standard InChI is InChI=1S/C9H21NO/c1-3-10(4-2)8-6-5-7-9-11/h11H,3-9H2,1-2H3. The van der Waals surface area contributed by atoms with Crippen LogP contribution in [0.5, 0.6) is 0 Å². The van der Waals surface area contributed by atoms with Crippen LogP contribution >= 0.6 is 0 Å². The van der Waals surface area contributed by atoms with Crippen LogP contribution in [0.1, 0.15) is 33.1 Å². The molecule has 0 rings (SSSR count). The third kappa shape index (κ3) is 6.32. The highest BCUT2D eigenvalue weighted by molar-refractivity contribution is 4.51. The third-order valence-corrected chi connectivity index (χ3v) is 2.03. The molecular formula is C9H21NO. The molecule has 0 aliphatic heterocycles. The topological polar surface area (TPSA) is 23.5 Å². The molecule has 2 heteroatoms. The molecule has 0 radical (unpaired) electrons. The van der Waals surface area contributed by atoms with E-state index in [1.807, 2.05) is 0 Å². The summed E-state index contributed by atoms with van der Waals surface area (Å²) in [5.74, 6) is 0. The van der Waals surface area contributed by atoms with Crippen LogP contribution in [-0.4, -0.2) is 36.2 Å². The van der Waals surface area contributed by atoms with Crippen molar-refractivity contribution in [1.82, 2.24) is 4.90 Å². The summed E-state index contributed by atoms with van der Waals surface area (Å²) in [6, 6.07) is 0. The average Bonchev–Trinajstić information content (AvgIpc) is 2.05. The van der Waals surface area contributed by atoms with Crippen LogP contribution < -0.4 is 0 Å². The van der Waals surface area contributed by atoms with Gasteiger partial charge in [0.25, 0.3) is 0 Å². The molecular weight excluding hydrogens is 138 g/mol. The Hall–Kier alpha value is -0.0800. The number of aliphatic hydroxyl groups excluding tert-OH is 1. The monoisotopic (exact) mass is 159 g/mol. The van der Waals surface area contributed by atoms with E-state index in [4.69, 9.17) is 5.11 Å². The van der Waals surface area contributed by atoms with Gasteiger partial charge in [-0.2, -0.15) is 0 Å². The fourth-order valence-electron chi connectivity index (χ4n) is 1.16. The second kappa shape index (κ2) is 8.02. The van der Waals surface area contributed by atoms with Crippen molar-refractivity contribution >= 4 is 0 Å². The molecule has 0 heterocycles. The second-order valence-corrected chi connectivity index (χ2v) is 2.81. The van der Waals surface area contributed by atoms with Crippen LogP contribution in [0.2, 0.25) is 0 Å². The molecule has 0 bridgehead atoms. The maximum absolute atomic E-state index is 8.53. The van der Waals surface area contributed by atoms with E-state index in [9.17, 15) is 0 Å². The molecule has 0 aliphatic carbocycles. The van der Waals surface area contributed by atoms with Crippen molar-refractivity contribution in [3.63, 3.8) is 0 Å². The molecule has 2 nitrogen and oxygen atoms in total. The van der Waals surface area contributed by atoms with Gasteiger partial charge in [-0.25, -0.2) is 0 Å². The average molecular weight is 159 g/mol. The maximum atomic E-state index is 8.53. The lowest BCUT2D eigenvalue weighted by molar-refractivity contribution is 0.265. The van der Waals surface area contributed by atoms with E-state index in [0.717, 1.165) is 25.9 Å². The van der Waals surface area contributed by atoms with Crippen LogP contribution in [0.15, 0.2) is 0 Å². The molecule has 0 saturated heterocycles. The minimum atomic E-state index is 0.345. The molecule has 1 N–H and O–H groups in total. The van der Waals surface area contributed by atoms with Gasteiger partial charge in [0.1, 0.15) is 0 Å². The van der Waals surface area contributed by atoms with Gasteiger partial charge in [-0.15, -0.1) is 0 Å². The molecule has 0 fully saturated rings. The minimum absolute atomic E-state index is 0.345. The Labute approximate surface area is 70.2 Å². The lowest BCUT2D eigenvalue weighted by atomic mass is 10.2. The highest BCUT2D eigenvalue weighted by atomic mass is 16.2. The summed E-state index contributed by atoms with van der Waals surface area (Å²) in [7, 11) is 0. The molecule has 68 valence electrons. The largest absolute Gasteiger partial charge is 0.396 e. The smallest absolute Gasteiger partial charge is 0.0431 e. The van der Waals surface area contributed by atoms with Gasteiger partial charge in [0, 0.05) is 6.61 Å². The van der Waals surface area contributed by atoms with E-state index in [1.54, 1.807) is 0 Å². The van der Waals surface area contributed by atoms with Crippen LogP contribution in [0, 0.1) is 0 Å². The van der Waals surface area contributed by atoms with Crippen molar-refractivity contribution in [3.8, 4) is 0 Å². The third-order valence-electron chi connectivity index (χ3n) is 2.03. The van der Waals surface area contributed by atoms with E-state index in [-0.39, 0.29) is 0 Å². The molecule has 0 aromatic rings. The second-order valence-electron chi connectivity index (χ2n) is 2.81. The zero-order chi connectivity index (χ0) is 8.53. The normalized spacial score (nSPS) is 10.9. The van der Waals surface area contributed by atoms with Crippen LogP contribution in [0.25, 0.3) is 0 Å². The van der Waals surface area contributed by atoms with Crippen molar-refractivity contribution < 1.29 is 5.11 Å². The molecule has 0 amide bonds. The molecule has 0 atom stereocenters. The first kappa shape index (κ1) is 10.9. The number of hydrogen-bond acceptors (Lipinski definition) is 2. The van der Waals surface area contributed by atoms with E-state index < -0.39 is 0 Å². The lowest BCUT2D eigenvalue weighted by Crippen LogP contribution is -2.23. The van der Waals surface area contributed by atoms with Gasteiger partial charge in [-0.1, -0.05) is 13.8 Å². The summed E-state index contributed by atoms with van der Waals surface area (Å²) in [4.78, 5) is 2.41. The fourth-order valence-corrected chi connectivity index (χ4v) is 1.16. The van der Waals surface area contributed by atoms with Crippen LogP contribution in [0.3, 0.4) is 0 Å². The van der Waals surface area contributed by atoms with Gasteiger partial charge in [-0.3, -0.25) is 0 Å². The van der Waals surface area contributed by atoms with Gasteiger partial charge >= 0.3 is 0 Å². The first-order valence-electron chi connectivity index (χ1n) is 4.68. The van der Waals surface area contributed by atoms with E-state index >= 15 is 0 Å². The summed E-state index contributed by atoms with van der Waals surface area (Å²) in [5, 5.41) is 8.53. The number of nitrogens with zero attached hydrogens (tertiary/aromatic N) is 1. The lowest BCUT2D eigenvalue weighted by Gasteiger charge is -2.17. The first-order chi connectivity index (χ1) is 5.35. The van der Waals surface area contributed by atoms with Crippen molar-refractivity contribution in [1.29, 1.82) is 0 Å². The quantitative estimate of drug-likeness (QED) is 0.569. The summed E-state index contributed by atoms with van der Waals surface area (Å²) in [5.41, 5.74) is 0. The first-order valence-corrected chi connectivity index (χ1v) is 4.68. The Kier molecular flexibility index (Phi) is 7.96. The number of aliphatic hydroxyl groups is 1. The maximum Gasteiger partial charge on any atom is 0.0431 e. The molecule has 0 aliphatic rings. The summed E-state index contributed by atoms with van der Waals surface area (Å²) in [6.07, 6.45) is 3.34. The van der Waals surface area contributed by atoms with Crippen molar-refractivity contribution in [2.75, 3.05) is 26.2 Å². The predicted molar refractivity (Wildman–Crippen MR) is 48.7 cm³/mol. The molecule has 0 spiro atoms. The summed E-state index contributed by atoms with van der Waals surface area (Å²) < 4.78 is 0. The fraction of sp³-hybridized carbons (Fsp3) is 1.00. The van der Waals surface area contributed by atoms with Crippen LogP contribution in [-0.2, 0) is 0 Å². The Bertz CT molecular complexity index is 72.0. The molecule has 11 heavy (non-hydrogen) atoms. The highest BCUT2D eigenvalue weighted by Gasteiger charge is 1.96. The van der Waals surface area contributed by atoms with E-state index in [1.165, 1.54) is 13.0 Å². The van der Waals surface area contributed by atoms with E-state index in [0.29, 0.717) is 6.61 Å². The summed E-state index contributed by atoms with van der Waals surface area (Å²) in [6.45, 7) is 8.21. The Morgan fingerprint density at radius 3 is 2.09 bits per heavy atom. The SMILES string of the molecule is CCN(CC)CCCCCO. The minimum Gasteiger partial charge on any atom is -0.396 e. The zero-order valence-electron chi connectivity index (χ0n) is 7.84. The van der Waals surface area contributed by atoms with Gasteiger partial charge < -0.3 is 10.0 Å². The zero-order valence-corrected chi connectivity index (χ0v) is 7.84. The van der Waals surface area contributed by atoms with Crippen molar-refractivity contribution in [2.45, 2.75) is 33.1 Å². The molecule has 0 aromatic carbocycles. The Morgan fingerprint density at radius 2 is 1.64 bits per heavy atom. The predicted octanol–water partition coefficient (Wildman–Crippen LogP) is 1.49. The highest BCUT2D eigenvalue weighted by Crippen LogP contribution is 1.97. The Balaban J connectivity index is 3.07. The van der Waals surface area contributed by atoms with Crippen molar-refractivity contribution in [3.05, 3.63) is 0 Å². The van der Waals surface area contributed by atoms with Gasteiger partial charge in [0.2, 0.25) is 0 Å². The molecule has 0 aromatic heterocycles.